The van der Waals surface area contributed by atoms with Crippen LogP contribution in [0.25, 0.3) is 0 Å². The van der Waals surface area contributed by atoms with Gasteiger partial charge in [0.1, 0.15) is 5.76 Å². The molecule has 1 saturated carbocycles. The molecule has 0 aromatic heterocycles. The lowest BCUT2D eigenvalue weighted by Gasteiger charge is -2.04. The fourth-order valence-electron chi connectivity index (χ4n) is 2.08. The molecule has 0 saturated heterocycles. The van der Waals surface area contributed by atoms with Crippen molar-refractivity contribution < 1.29 is 9.53 Å². The Morgan fingerprint density at radius 1 is 1.67 bits per heavy atom. The van der Waals surface area contributed by atoms with Crippen molar-refractivity contribution in [3.05, 3.63) is 11.8 Å². The molecule has 2 aliphatic rings. The summed E-state index contributed by atoms with van der Waals surface area (Å²) in [5.74, 6) is 0.618. The summed E-state index contributed by atoms with van der Waals surface area (Å²) < 4.78 is 5.02. The molecule has 12 heavy (non-hydrogen) atoms. The first-order valence-electron chi connectivity index (χ1n) is 3.86. The number of nitrogens with zero attached hydrogens (tertiary/aromatic N) is 1. The predicted molar refractivity (Wildman–Crippen MR) is 40.8 cm³/mol. The van der Waals surface area contributed by atoms with E-state index >= 15 is 0 Å². The fraction of sp³-hybridized carbons (Fsp3) is 0.556. The first-order valence-corrected chi connectivity index (χ1v) is 3.86. The molecule has 0 spiro atoms. The Hall–Kier alpha value is -1.30. The second kappa shape index (κ2) is 1.89. The van der Waals surface area contributed by atoms with Gasteiger partial charge in [0.05, 0.1) is 24.5 Å². The summed E-state index contributed by atoms with van der Waals surface area (Å²) in [4.78, 5) is 11.3. The Balaban J connectivity index is 2.34. The number of nitriles is 1. The van der Waals surface area contributed by atoms with Gasteiger partial charge >= 0.3 is 0 Å². The number of methoxy groups -OCH3 is 1. The van der Waals surface area contributed by atoms with Gasteiger partial charge < -0.3 is 4.74 Å². The SMILES string of the molecule is COC1=CC(=O)C2C1C2(C)C#N. The van der Waals surface area contributed by atoms with Crippen molar-refractivity contribution in [2.24, 2.45) is 17.3 Å². The number of fused-ring (bicyclic) bond motifs is 1. The maximum Gasteiger partial charge on any atom is 0.164 e. The molecule has 0 bridgehead atoms. The van der Waals surface area contributed by atoms with E-state index in [4.69, 9.17) is 10.00 Å². The van der Waals surface area contributed by atoms with Gasteiger partial charge in [0.25, 0.3) is 0 Å². The molecule has 3 atom stereocenters. The molecule has 3 unspecified atom stereocenters. The van der Waals surface area contributed by atoms with Crippen molar-refractivity contribution in [1.29, 1.82) is 5.26 Å². The lowest BCUT2D eigenvalue weighted by atomic mass is 10.0. The molecule has 0 amide bonds. The van der Waals surface area contributed by atoms with E-state index in [0.29, 0.717) is 5.76 Å². The molecule has 2 rings (SSSR count). The summed E-state index contributed by atoms with van der Waals surface area (Å²) in [5, 5.41) is 8.82. The van der Waals surface area contributed by atoms with E-state index in [2.05, 4.69) is 6.07 Å². The van der Waals surface area contributed by atoms with E-state index in [1.165, 1.54) is 13.2 Å². The molecule has 3 nitrogen and oxygen atoms in total. The Morgan fingerprint density at radius 2 is 2.33 bits per heavy atom. The smallest absolute Gasteiger partial charge is 0.164 e. The van der Waals surface area contributed by atoms with Crippen molar-refractivity contribution >= 4 is 5.78 Å². The molecule has 0 aromatic rings. The second-order valence-electron chi connectivity index (χ2n) is 3.50. The highest BCUT2D eigenvalue weighted by atomic mass is 16.5. The average molecular weight is 163 g/mol. The van der Waals surface area contributed by atoms with Crippen LogP contribution in [0.4, 0.5) is 0 Å². The van der Waals surface area contributed by atoms with Gasteiger partial charge in [-0.2, -0.15) is 5.26 Å². The topological polar surface area (TPSA) is 50.1 Å². The molecule has 2 aliphatic carbocycles. The van der Waals surface area contributed by atoms with Crippen molar-refractivity contribution in [2.75, 3.05) is 7.11 Å². The van der Waals surface area contributed by atoms with Crippen molar-refractivity contribution in [3.63, 3.8) is 0 Å². The Bertz CT molecular complexity index is 326. The van der Waals surface area contributed by atoms with Crippen LogP contribution in [0.3, 0.4) is 0 Å². The summed E-state index contributed by atoms with van der Waals surface area (Å²) in [7, 11) is 1.54. The molecular weight excluding hydrogens is 154 g/mol. The number of rotatable bonds is 1. The van der Waals surface area contributed by atoms with E-state index in [0.717, 1.165) is 0 Å². The first-order chi connectivity index (χ1) is 5.65. The zero-order valence-corrected chi connectivity index (χ0v) is 7.00. The minimum Gasteiger partial charge on any atom is -0.501 e. The average Bonchev–Trinajstić information content (AvgIpc) is 2.51. The third kappa shape index (κ3) is 0.585. The van der Waals surface area contributed by atoms with Gasteiger partial charge in [-0.05, 0) is 6.92 Å². The highest BCUT2D eigenvalue weighted by Gasteiger charge is 2.70. The van der Waals surface area contributed by atoms with Gasteiger partial charge in [0, 0.05) is 12.0 Å². The zero-order valence-electron chi connectivity index (χ0n) is 7.00. The van der Waals surface area contributed by atoms with Crippen LogP contribution in [0.15, 0.2) is 11.8 Å². The van der Waals surface area contributed by atoms with E-state index in [-0.39, 0.29) is 17.6 Å². The van der Waals surface area contributed by atoms with Crippen LogP contribution in [-0.4, -0.2) is 12.9 Å². The first kappa shape index (κ1) is 7.35. The van der Waals surface area contributed by atoms with Crippen LogP contribution in [0.1, 0.15) is 6.92 Å². The number of ketones is 1. The fourth-order valence-corrected chi connectivity index (χ4v) is 2.08. The van der Waals surface area contributed by atoms with Gasteiger partial charge in [0.2, 0.25) is 0 Å². The quantitative estimate of drug-likeness (QED) is 0.576. The van der Waals surface area contributed by atoms with Crippen molar-refractivity contribution in [1.82, 2.24) is 0 Å². The molecule has 0 aliphatic heterocycles. The lowest BCUT2D eigenvalue weighted by Crippen LogP contribution is -2.06. The van der Waals surface area contributed by atoms with Crippen LogP contribution in [0.2, 0.25) is 0 Å². The highest BCUT2D eigenvalue weighted by molar-refractivity contribution is 6.00. The standard InChI is InChI=1S/C9H9NO2/c1-9(4-10)7-5(11)3-6(12-2)8(7)9/h3,7-8H,1-2H3. The predicted octanol–water partition coefficient (Wildman–Crippen LogP) is 0.875. The van der Waals surface area contributed by atoms with Crippen LogP contribution < -0.4 is 0 Å². The number of carbonyl (C=O) groups is 1. The van der Waals surface area contributed by atoms with Gasteiger partial charge in [0.15, 0.2) is 5.78 Å². The number of hydrogen-bond acceptors (Lipinski definition) is 3. The number of carbonyl (C=O) groups excluding carboxylic acids is 1. The maximum atomic E-state index is 11.3. The summed E-state index contributed by atoms with van der Waals surface area (Å²) in [6.07, 6.45) is 1.51. The normalized spacial score (nSPS) is 43.1. The maximum absolute atomic E-state index is 11.3. The second-order valence-corrected chi connectivity index (χ2v) is 3.50. The monoisotopic (exact) mass is 163 g/mol. The lowest BCUT2D eigenvalue weighted by molar-refractivity contribution is -0.116. The van der Waals surface area contributed by atoms with Crippen LogP contribution >= 0.6 is 0 Å². The number of allylic oxidation sites excluding steroid dienone is 2. The molecule has 3 heteroatoms. The molecule has 0 radical (unpaired) electrons. The summed E-state index contributed by atoms with van der Waals surface area (Å²) in [6.45, 7) is 1.81. The molecule has 62 valence electrons. The molecule has 0 aromatic carbocycles. The van der Waals surface area contributed by atoms with Gasteiger partial charge in [-0.3, -0.25) is 4.79 Å². The summed E-state index contributed by atoms with van der Waals surface area (Å²) in [6, 6.07) is 2.17. The van der Waals surface area contributed by atoms with Gasteiger partial charge in [-0.1, -0.05) is 0 Å². The van der Waals surface area contributed by atoms with Gasteiger partial charge in [-0.25, -0.2) is 0 Å². The Labute approximate surface area is 70.6 Å². The Morgan fingerprint density at radius 3 is 2.75 bits per heavy atom. The minimum absolute atomic E-state index is 0.0278. The van der Waals surface area contributed by atoms with Crippen molar-refractivity contribution in [2.45, 2.75) is 6.92 Å². The zero-order chi connectivity index (χ0) is 8.93. The minimum atomic E-state index is -0.489. The molecule has 1 fully saturated rings. The van der Waals surface area contributed by atoms with Crippen LogP contribution in [0, 0.1) is 28.6 Å². The van der Waals surface area contributed by atoms with Crippen molar-refractivity contribution in [3.8, 4) is 6.07 Å². The highest BCUT2D eigenvalue weighted by Crippen LogP contribution is 2.65. The van der Waals surface area contributed by atoms with E-state index in [9.17, 15) is 4.79 Å². The molecule has 0 heterocycles. The summed E-state index contributed by atoms with van der Waals surface area (Å²) >= 11 is 0. The van der Waals surface area contributed by atoms with E-state index in [1.54, 1.807) is 0 Å². The number of ether oxygens (including phenoxy) is 1. The summed E-state index contributed by atoms with van der Waals surface area (Å²) in [5.41, 5.74) is -0.489. The van der Waals surface area contributed by atoms with Crippen LogP contribution in [-0.2, 0) is 9.53 Å². The van der Waals surface area contributed by atoms with Gasteiger partial charge in [-0.15, -0.1) is 0 Å². The third-order valence-corrected chi connectivity index (χ3v) is 2.89. The van der Waals surface area contributed by atoms with Crippen LogP contribution in [0.5, 0.6) is 0 Å². The Kier molecular flexibility index (Phi) is 1.16. The molecule has 0 N–H and O–H groups in total. The third-order valence-electron chi connectivity index (χ3n) is 2.89. The largest absolute Gasteiger partial charge is 0.501 e. The van der Waals surface area contributed by atoms with E-state index in [1.807, 2.05) is 6.92 Å². The molecular formula is C9H9NO2. The van der Waals surface area contributed by atoms with E-state index < -0.39 is 5.41 Å². The number of hydrogen-bond donors (Lipinski definition) is 0.